The van der Waals surface area contributed by atoms with Crippen LogP contribution in [-0.4, -0.2) is 61.5 Å². The summed E-state index contributed by atoms with van der Waals surface area (Å²) in [5.41, 5.74) is 0.689. The fourth-order valence-electron chi connectivity index (χ4n) is 4.43. The molecule has 1 N–H and O–H groups in total. The van der Waals surface area contributed by atoms with E-state index in [1.54, 1.807) is 17.0 Å². The van der Waals surface area contributed by atoms with Gasteiger partial charge in [-0.05, 0) is 37.3 Å². The molecule has 2 fully saturated rings. The third-order valence-corrected chi connectivity index (χ3v) is 6.23. The molecule has 0 radical (unpaired) electrons. The fourth-order valence-corrected chi connectivity index (χ4v) is 4.43. The highest BCUT2D eigenvalue weighted by molar-refractivity contribution is 6.01. The topological polar surface area (TPSA) is 88.2 Å². The van der Waals surface area contributed by atoms with Crippen molar-refractivity contribution in [3.8, 4) is 11.5 Å². The van der Waals surface area contributed by atoms with E-state index in [2.05, 4.69) is 5.32 Å². The normalized spacial score (nSPS) is 21.9. The lowest BCUT2D eigenvalue weighted by Crippen LogP contribution is -2.53. The predicted octanol–water partition coefficient (Wildman–Crippen LogP) is 1.96. The molecule has 1 unspecified atom stereocenters. The maximum absolute atomic E-state index is 13.0. The number of benzene rings is 1. The number of hydrogen-bond donors (Lipinski definition) is 1. The Balaban J connectivity index is 1.41. The van der Waals surface area contributed by atoms with Crippen LogP contribution in [0.25, 0.3) is 0 Å². The Bertz CT molecular complexity index is 850. The van der Waals surface area contributed by atoms with E-state index in [0.717, 1.165) is 32.4 Å². The van der Waals surface area contributed by atoms with E-state index in [-0.39, 0.29) is 36.6 Å². The second-order valence-corrected chi connectivity index (χ2v) is 8.85. The highest BCUT2D eigenvalue weighted by Gasteiger charge is 2.38. The van der Waals surface area contributed by atoms with Crippen LogP contribution in [0.5, 0.6) is 11.5 Å². The van der Waals surface area contributed by atoms with Crippen molar-refractivity contribution in [2.24, 2.45) is 11.8 Å². The van der Waals surface area contributed by atoms with Crippen LogP contribution in [0.2, 0.25) is 0 Å². The van der Waals surface area contributed by atoms with Gasteiger partial charge in [-0.1, -0.05) is 13.8 Å². The number of anilines is 1. The molecule has 1 aromatic rings. The average Bonchev–Trinajstić information content (AvgIpc) is 3.18. The maximum atomic E-state index is 13.0. The molecule has 3 heterocycles. The number of amides is 3. The molecule has 2 saturated heterocycles. The van der Waals surface area contributed by atoms with Crippen LogP contribution in [0.3, 0.4) is 0 Å². The van der Waals surface area contributed by atoms with Crippen molar-refractivity contribution in [2.45, 2.75) is 45.6 Å². The summed E-state index contributed by atoms with van der Waals surface area (Å²) in [7, 11) is 0. The number of piperidine rings is 1. The zero-order valence-electron chi connectivity index (χ0n) is 18.3. The second kappa shape index (κ2) is 9.16. The van der Waals surface area contributed by atoms with E-state index in [0.29, 0.717) is 30.4 Å². The SMILES string of the molecule is CC(C)[C@H](NC(=O)C1CC(=O)N(c2ccc3c(c2)OCCO3)C1)C(=O)N1CCCCC1. The van der Waals surface area contributed by atoms with Gasteiger partial charge in [-0.2, -0.15) is 0 Å². The molecular formula is C23H31N3O5. The van der Waals surface area contributed by atoms with E-state index in [1.165, 1.54) is 0 Å². The Morgan fingerprint density at radius 1 is 1.06 bits per heavy atom. The molecular weight excluding hydrogens is 398 g/mol. The van der Waals surface area contributed by atoms with Gasteiger partial charge < -0.3 is 24.6 Å². The van der Waals surface area contributed by atoms with Crippen LogP contribution in [0, 0.1) is 11.8 Å². The quantitative estimate of drug-likeness (QED) is 0.773. The average molecular weight is 430 g/mol. The van der Waals surface area contributed by atoms with Crippen molar-refractivity contribution in [1.29, 1.82) is 0 Å². The highest BCUT2D eigenvalue weighted by atomic mass is 16.6. The third kappa shape index (κ3) is 4.62. The van der Waals surface area contributed by atoms with Crippen molar-refractivity contribution in [1.82, 2.24) is 10.2 Å². The van der Waals surface area contributed by atoms with E-state index in [1.807, 2.05) is 24.8 Å². The summed E-state index contributed by atoms with van der Waals surface area (Å²) in [6.45, 7) is 6.63. The smallest absolute Gasteiger partial charge is 0.245 e. The number of hydrogen-bond acceptors (Lipinski definition) is 5. The summed E-state index contributed by atoms with van der Waals surface area (Å²) < 4.78 is 11.1. The summed E-state index contributed by atoms with van der Waals surface area (Å²) in [6.07, 6.45) is 3.28. The van der Waals surface area contributed by atoms with Gasteiger partial charge in [-0.3, -0.25) is 14.4 Å². The number of ether oxygens (including phenoxy) is 2. The van der Waals surface area contributed by atoms with Gasteiger partial charge in [0.25, 0.3) is 0 Å². The molecule has 3 aliphatic rings. The summed E-state index contributed by atoms with van der Waals surface area (Å²) in [5.74, 6) is 0.387. The minimum absolute atomic E-state index is 0.0175. The largest absolute Gasteiger partial charge is 0.486 e. The number of rotatable bonds is 5. The van der Waals surface area contributed by atoms with E-state index in [9.17, 15) is 14.4 Å². The fraction of sp³-hybridized carbons (Fsp3) is 0.609. The van der Waals surface area contributed by atoms with E-state index in [4.69, 9.17) is 9.47 Å². The van der Waals surface area contributed by atoms with Crippen LogP contribution in [0.15, 0.2) is 18.2 Å². The third-order valence-electron chi connectivity index (χ3n) is 6.23. The number of carbonyl (C=O) groups excluding carboxylic acids is 3. The van der Waals surface area contributed by atoms with Gasteiger partial charge in [0, 0.05) is 37.8 Å². The van der Waals surface area contributed by atoms with E-state index >= 15 is 0 Å². The molecule has 3 amide bonds. The van der Waals surface area contributed by atoms with Gasteiger partial charge in [0.2, 0.25) is 17.7 Å². The van der Waals surface area contributed by atoms with Crippen molar-refractivity contribution < 1.29 is 23.9 Å². The van der Waals surface area contributed by atoms with Crippen LogP contribution >= 0.6 is 0 Å². The Hall–Kier alpha value is -2.77. The molecule has 2 atom stereocenters. The van der Waals surface area contributed by atoms with Crippen molar-refractivity contribution in [3.63, 3.8) is 0 Å². The minimum Gasteiger partial charge on any atom is -0.486 e. The maximum Gasteiger partial charge on any atom is 0.245 e. The van der Waals surface area contributed by atoms with Gasteiger partial charge in [0.15, 0.2) is 11.5 Å². The van der Waals surface area contributed by atoms with Crippen LogP contribution in [-0.2, 0) is 14.4 Å². The summed E-state index contributed by atoms with van der Waals surface area (Å²) in [6, 6.07) is 4.81. The standard InChI is InChI=1S/C23H31N3O5/c1-15(2)21(23(29)25-8-4-3-5-9-25)24-22(28)16-12-20(27)26(14-16)17-6-7-18-19(13-17)31-11-10-30-18/h6-7,13,15-16,21H,3-5,8-12,14H2,1-2H3,(H,24,28)/t16?,21-/m0/s1. The van der Waals surface area contributed by atoms with Gasteiger partial charge in [-0.15, -0.1) is 0 Å². The number of nitrogens with one attached hydrogen (secondary N) is 1. The van der Waals surface area contributed by atoms with Crippen molar-refractivity contribution in [2.75, 3.05) is 37.7 Å². The van der Waals surface area contributed by atoms with Crippen LogP contribution in [0.4, 0.5) is 5.69 Å². The Morgan fingerprint density at radius 3 is 2.48 bits per heavy atom. The molecule has 8 nitrogen and oxygen atoms in total. The van der Waals surface area contributed by atoms with Gasteiger partial charge >= 0.3 is 0 Å². The highest BCUT2D eigenvalue weighted by Crippen LogP contribution is 2.36. The van der Waals surface area contributed by atoms with Gasteiger partial charge in [-0.25, -0.2) is 0 Å². The monoisotopic (exact) mass is 429 g/mol. The number of likely N-dealkylation sites (tertiary alicyclic amines) is 1. The van der Waals surface area contributed by atoms with Crippen LogP contribution in [0.1, 0.15) is 39.5 Å². The lowest BCUT2D eigenvalue weighted by atomic mass is 9.99. The molecule has 0 aliphatic carbocycles. The Labute approximate surface area is 182 Å². The molecule has 0 aromatic heterocycles. The van der Waals surface area contributed by atoms with E-state index < -0.39 is 12.0 Å². The van der Waals surface area contributed by atoms with Gasteiger partial charge in [0.1, 0.15) is 19.3 Å². The summed E-state index contributed by atoms with van der Waals surface area (Å²) in [5, 5.41) is 2.94. The van der Waals surface area contributed by atoms with Crippen LogP contribution < -0.4 is 19.7 Å². The molecule has 31 heavy (non-hydrogen) atoms. The summed E-state index contributed by atoms with van der Waals surface area (Å²) >= 11 is 0. The first-order chi connectivity index (χ1) is 14.9. The molecule has 168 valence electrons. The lowest BCUT2D eigenvalue weighted by Gasteiger charge is -2.32. The first-order valence-electron chi connectivity index (χ1n) is 11.2. The minimum atomic E-state index is -0.566. The molecule has 0 bridgehead atoms. The Kier molecular flexibility index (Phi) is 6.34. The molecule has 0 saturated carbocycles. The first kappa shape index (κ1) is 21.5. The molecule has 0 spiro atoms. The summed E-state index contributed by atoms with van der Waals surface area (Å²) in [4.78, 5) is 42.1. The number of fused-ring (bicyclic) bond motifs is 1. The second-order valence-electron chi connectivity index (χ2n) is 8.85. The van der Waals surface area contributed by atoms with Crippen molar-refractivity contribution >= 4 is 23.4 Å². The first-order valence-corrected chi connectivity index (χ1v) is 11.2. The lowest BCUT2D eigenvalue weighted by molar-refractivity contribution is -0.139. The molecule has 1 aromatic carbocycles. The number of nitrogens with zero attached hydrogens (tertiary/aromatic N) is 2. The van der Waals surface area contributed by atoms with Crippen molar-refractivity contribution in [3.05, 3.63) is 18.2 Å². The molecule has 3 aliphatic heterocycles. The zero-order valence-corrected chi connectivity index (χ0v) is 18.3. The molecule has 4 rings (SSSR count). The number of carbonyl (C=O) groups is 3. The Morgan fingerprint density at radius 2 is 1.77 bits per heavy atom. The molecule has 8 heteroatoms. The predicted molar refractivity (Wildman–Crippen MR) is 115 cm³/mol. The van der Waals surface area contributed by atoms with Gasteiger partial charge in [0.05, 0.1) is 5.92 Å². The zero-order chi connectivity index (χ0) is 22.0.